The van der Waals surface area contributed by atoms with Gasteiger partial charge in [0.2, 0.25) is 5.91 Å². The lowest BCUT2D eigenvalue weighted by molar-refractivity contribution is -0.114. The molecule has 18 heavy (non-hydrogen) atoms. The van der Waals surface area contributed by atoms with Crippen LogP contribution in [0.25, 0.3) is 0 Å². The largest absolute Gasteiger partial charge is 0.326 e. The maximum atomic E-state index is 10.9. The number of nitrogens with one attached hydrogen (secondary N) is 2. The molecule has 1 amide bonds. The predicted molar refractivity (Wildman–Crippen MR) is 76.1 cm³/mol. The number of amides is 1. The zero-order valence-corrected chi connectivity index (χ0v) is 11.6. The fourth-order valence-electron chi connectivity index (χ4n) is 1.90. The van der Waals surface area contributed by atoms with Gasteiger partial charge in [-0.25, -0.2) is 0 Å². The van der Waals surface area contributed by atoms with Gasteiger partial charge in [0, 0.05) is 38.3 Å². The van der Waals surface area contributed by atoms with E-state index in [0.29, 0.717) is 6.04 Å². The van der Waals surface area contributed by atoms with Crippen LogP contribution < -0.4 is 10.6 Å². The van der Waals surface area contributed by atoms with Gasteiger partial charge in [0.15, 0.2) is 0 Å². The lowest BCUT2D eigenvalue weighted by Crippen LogP contribution is -2.55. The second-order valence-electron chi connectivity index (χ2n) is 4.61. The highest BCUT2D eigenvalue weighted by atomic mass is 35.5. The van der Waals surface area contributed by atoms with Crippen LogP contribution in [0.2, 0.25) is 0 Å². The fraction of sp³-hybridized carbons (Fsp3) is 0.462. The SMILES string of the molecule is CC(=O)Nc1ccc(CN(C)C2CNC2)cc1.Cl. The molecule has 100 valence electrons. The van der Waals surface area contributed by atoms with Crippen LogP contribution in [0.3, 0.4) is 0 Å². The molecule has 2 N–H and O–H groups in total. The number of benzene rings is 1. The first kappa shape index (κ1) is 15.0. The summed E-state index contributed by atoms with van der Waals surface area (Å²) in [5.41, 5.74) is 2.13. The van der Waals surface area contributed by atoms with E-state index < -0.39 is 0 Å². The van der Waals surface area contributed by atoms with Crippen molar-refractivity contribution < 1.29 is 4.79 Å². The molecule has 0 bridgehead atoms. The molecule has 4 nitrogen and oxygen atoms in total. The Balaban J connectivity index is 0.00000162. The molecule has 0 saturated carbocycles. The highest BCUT2D eigenvalue weighted by Crippen LogP contribution is 2.13. The van der Waals surface area contributed by atoms with Gasteiger partial charge in [0.1, 0.15) is 0 Å². The topological polar surface area (TPSA) is 44.4 Å². The van der Waals surface area contributed by atoms with Crippen molar-refractivity contribution in [3.05, 3.63) is 29.8 Å². The Kier molecular flexibility index (Phi) is 5.59. The van der Waals surface area contributed by atoms with Gasteiger partial charge in [-0.2, -0.15) is 0 Å². The van der Waals surface area contributed by atoms with E-state index in [4.69, 9.17) is 0 Å². The van der Waals surface area contributed by atoms with Crippen LogP contribution in [0.4, 0.5) is 5.69 Å². The number of anilines is 1. The first-order chi connectivity index (χ1) is 8.15. The van der Waals surface area contributed by atoms with Gasteiger partial charge < -0.3 is 10.6 Å². The average Bonchev–Trinajstić information content (AvgIpc) is 2.17. The van der Waals surface area contributed by atoms with Gasteiger partial charge in [-0.05, 0) is 24.7 Å². The van der Waals surface area contributed by atoms with Crippen LogP contribution in [0, 0.1) is 0 Å². The molecule has 1 aromatic rings. The van der Waals surface area contributed by atoms with E-state index in [0.717, 1.165) is 25.3 Å². The number of carbonyl (C=O) groups excluding carboxylic acids is 1. The number of rotatable bonds is 4. The maximum absolute atomic E-state index is 10.9. The minimum absolute atomic E-state index is 0. The van der Waals surface area contributed by atoms with Crippen molar-refractivity contribution in [1.29, 1.82) is 0 Å². The molecule has 0 unspecified atom stereocenters. The third kappa shape index (κ3) is 3.98. The number of hydrogen-bond donors (Lipinski definition) is 2. The molecule has 1 heterocycles. The molecule has 0 aliphatic carbocycles. The third-order valence-corrected chi connectivity index (χ3v) is 3.09. The van der Waals surface area contributed by atoms with Crippen molar-refractivity contribution in [2.75, 3.05) is 25.5 Å². The summed E-state index contributed by atoms with van der Waals surface area (Å²) >= 11 is 0. The smallest absolute Gasteiger partial charge is 0.221 e. The van der Waals surface area contributed by atoms with Gasteiger partial charge in [-0.1, -0.05) is 12.1 Å². The summed E-state index contributed by atoms with van der Waals surface area (Å²) in [6.07, 6.45) is 0. The first-order valence-corrected chi connectivity index (χ1v) is 5.92. The Labute approximate surface area is 114 Å². The van der Waals surface area contributed by atoms with E-state index in [2.05, 4.69) is 34.7 Å². The molecule has 0 atom stereocenters. The van der Waals surface area contributed by atoms with Gasteiger partial charge >= 0.3 is 0 Å². The number of nitrogens with zero attached hydrogens (tertiary/aromatic N) is 1. The zero-order valence-electron chi connectivity index (χ0n) is 10.8. The Morgan fingerprint density at radius 1 is 1.39 bits per heavy atom. The molecule has 5 heteroatoms. The Hall–Kier alpha value is -1.10. The standard InChI is InChI=1S/C13H19N3O.ClH/c1-10(17)15-12-5-3-11(4-6-12)9-16(2)13-7-14-8-13;/h3-6,13-14H,7-9H2,1-2H3,(H,15,17);1H. The first-order valence-electron chi connectivity index (χ1n) is 5.92. The van der Waals surface area contributed by atoms with Crippen LogP contribution in [0.15, 0.2) is 24.3 Å². The fourth-order valence-corrected chi connectivity index (χ4v) is 1.90. The van der Waals surface area contributed by atoms with E-state index >= 15 is 0 Å². The Bertz CT molecular complexity index is 390. The molecule has 1 aliphatic heterocycles. The van der Waals surface area contributed by atoms with E-state index in [9.17, 15) is 4.79 Å². The molecule has 0 aromatic heterocycles. The number of halogens is 1. The highest BCUT2D eigenvalue weighted by molar-refractivity contribution is 5.88. The van der Waals surface area contributed by atoms with E-state index in [1.165, 1.54) is 12.5 Å². The van der Waals surface area contributed by atoms with E-state index in [-0.39, 0.29) is 18.3 Å². The van der Waals surface area contributed by atoms with Crippen LogP contribution in [-0.2, 0) is 11.3 Å². The van der Waals surface area contributed by atoms with E-state index in [1.54, 1.807) is 0 Å². The highest BCUT2D eigenvalue weighted by Gasteiger charge is 2.20. The van der Waals surface area contributed by atoms with Gasteiger partial charge in [0.05, 0.1) is 0 Å². The molecule has 1 fully saturated rings. The summed E-state index contributed by atoms with van der Waals surface area (Å²) in [4.78, 5) is 13.2. The van der Waals surface area contributed by atoms with Crippen molar-refractivity contribution in [2.24, 2.45) is 0 Å². The van der Waals surface area contributed by atoms with Crippen LogP contribution >= 0.6 is 12.4 Å². The van der Waals surface area contributed by atoms with Crippen molar-refractivity contribution in [3.8, 4) is 0 Å². The predicted octanol–water partition coefficient (Wildman–Crippen LogP) is 1.47. The van der Waals surface area contributed by atoms with Crippen molar-refractivity contribution >= 4 is 24.0 Å². The lowest BCUT2D eigenvalue weighted by Gasteiger charge is -2.35. The van der Waals surface area contributed by atoms with Gasteiger partial charge in [-0.3, -0.25) is 9.69 Å². The monoisotopic (exact) mass is 269 g/mol. The molecule has 0 spiro atoms. The Morgan fingerprint density at radius 2 is 2.00 bits per heavy atom. The quantitative estimate of drug-likeness (QED) is 0.870. The second-order valence-corrected chi connectivity index (χ2v) is 4.61. The van der Waals surface area contributed by atoms with Crippen LogP contribution in [-0.4, -0.2) is 37.0 Å². The minimum atomic E-state index is -0.0320. The lowest BCUT2D eigenvalue weighted by atomic mass is 10.1. The molecule has 1 aliphatic rings. The molecule has 0 radical (unpaired) electrons. The molecule has 1 aromatic carbocycles. The normalized spacial score (nSPS) is 14.8. The number of hydrogen-bond acceptors (Lipinski definition) is 3. The van der Waals surface area contributed by atoms with Crippen molar-refractivity contribution in [3.63, 3.8) is 0 Å². The number of carbonyl (C=O) groups is 1. The Morgan fingerprint density at radius 3 is 2.44 bits per heavy atom. The second kappa shape index (κ2) is 6.73. The summed E-state index contributed by atoms with van der Waals surface area (Å²) in [6.45, 7) is 4.64. The molecule has 2 rings (SSSR count). The molecular weight excluding hydrogens is 250 g/mol. The van der Waals surface area contributed by atoms with Crippen LogP contribution in [0.1, 0.15) is 12.5 Å². The van der Waals surface area contributed by atoms with E-state index in [1.807, 2.05) is 12.1 Å². The summed E-state index contributed by atoms with van der Waals surface area (Å²) in [6, 6.07) is 8.68. The maximum Gasteiger partial charge on any atom is 0.221 e. The number of likely N-dealkylation sites (N-methyl/N-ethyl adjacent to an activating group) is 1. The summed E-state index contributed by atoms with van der Waals surface area (Å²) in [5.74, 6) is -0.0320. The summed E-state index contributed by atoms with van der Waals surface area (Å²) in [5, 5.41) is 6.04. The minimum Gasteiger partial charge on any atom is -0.326 e. The summed E-state index contributed by atoms with van der Waals surface area (Å²) < 4.78 is 0. The average molecular weight is 270 g/mol. The van der Waals surface area contributed by atoms with Crippen LogP contribution in [0.5, 0.6) is 0 Å². The van der Waals surface area contributed by atoms with Crippen molar-refractivity contribution in [1.82, 2.24) is 10.2 Å². The summed E-state index contributed by atoms with van der Waals surface area (Å²) in [7, 11) is 2.15. The third-order valence-electron chi connectivity index (χ3n) is 3.09. The zero-order chi connectivity index (χ0) is 12.3. The van der Waals surface area contributed by atoms with Gasteiger partial charge in [0.25, 0.3) is 0 Å². The molecular formula is C13H20ClN3O. The molecule has 1 saturated heterocycles. The van der Waals surface area contributed by atoms with Crippen molar-refractivity contribution in [2.45, 2.75) is 19.5 Å². The van der Waals surface area contributed by atoms with Gasteiger partial charge in [-0.15, -0.1) is 12.4 Å².